The van der Waals surface area contributed by atoms with Crippen molar-refractivity contribution in [3.63, 3.8) is 0 Å². The highest BCUT2D eigenvalue weighted by atomic mass is 16.7. The molecule has 0 aliphatic rings. The van der Waals surface area contributed by atoms with Crippen molar-refractivity contribution in [2.24, 2.45) is 0 Å². The van der Waals surface area contributed by atoms with Crippen molar-refractivity contribution >= 4 is 35.8 Å². The first-order valence-electron chi connectivity index (χ1n) is 26.1. The Morgan fingerprint density at radius 3 is 1.19 bits per heavy atom. The fourth-order valence-electron chi connectivity index (χ4n) is 7.43. The van der Waals surface area contributed by atoms with E-state index in [2.05, 4.69) is 26.0 Å². The van der Waals surface area contributed by atoms with Gasteiger partial charge in [0, 0.05) is 26.7 Å². The number of rotatable bonds is 44. The van der Waals surface area contributed by atoms with E-state index >= 15 is 0 Å². The summed E-state index contributed by atoms with van der Waals surface area (Å²) in [6, 6.07) is 0. The number of likely N-dealkylation sites (N-methyl/N-ethyl adjacent to an activating group) is 2. The van der Waals surface area contributed by atoms with Crippen LogP contribution in [0.1, 0.15) is 182 Å². The molecular weight excluding hydrogens is 889 g/mol. The third kappa shape index (κ3) is 40.6. The molecule has 0 fully saturated rings. The standard InChI is InChI=1S/C53H96N2O14/c1-9-11-25-33-48(68-52(62)41-54(5,6)37-39-64-44(3)56)46(58)31-27-21-17-13-15-19-23-29-35-50(60)66-43-67-51(61)36-30-24-20-16-14-18-22-28-32-47(59)49(34-26-12-10-2)69-53(63)42-55(7,8)38-40-65-45(4)57/h21-22,27-28,46-49,58-59H,9-20,23-26,29-43H2,1-8H3/q+2/b27-21-,28-22-. The monoisotopic (exact) mass is 985 g/mol. The lowest BCUT2D eigenvalue weighted by Crippen LogP contribution is -2.47. The molecule has 0 bridgehead atoms. The Kier molecular flexibility index (Phi) is 38.5. The van der Waals surface area contributed by atoms with E-state index in [9.17, 15) is 39.0 Å². The second-order valence-corrected chi connectivity index (χ2v) is 19.7. The third-order valence-corrected chi connectivity index (χ3v) is 11.8. The van der Waals surface area contributed by atoms with Gasteiger partial charge in [-0.2, -0.15) is 0 Å². The molecule has 4 atom stereocenters. The number of carbonyl (C=O) groups excluding carboxylic acids is 6. The van der Waals surface area contributed by atoms with Crippen LogP contribution in [0.3, 0.4) is 0 Å². The molecule has 0 radical (unpaired) electrons. The Labute approximate surface area is 416 Å². The van der Waals surface area contributed by atoms with Gasteiger partial charge in [-0.3, -0.25) is 19.2 Å². The normalized spacial score (nSPS) is 13.7. The molecule has 0 aromatic rings. The van der Waals surface area contributed by atoms with Crippen molar-refractivity contribution in [1.29, 1.82) is 0 Å². The number of hydrogen-bond donors (Lipinski definition) is 2. The van der Waals surface area contributed by atoms with Crippen LogP contribution in [-0.4, -0.2) is 154 Å². The van der Waals surface area contributed by atoms with Crippen molar-refractivity contribution in [1.82, 2.24) is 0 Å². The summed E-state index contributed by atoms with van der Waals surface area (Å²) in [7, 11) is 7.49. The Hall–Kier alpha value is -3.86. The number of aliphatic hydroxyl groups is 2. The highest BCUT2D eigenvalue weighted by Gasteiger charge is 2.29. The molecule has 4 unspecified atom stereocenters. The van der Waals surface area contributed by atoms with Crippen molar-refractivity contribution < 1.29 is 76.4 Å². The lowest BCUT2D eigenvalue weighted by molar-refractivity contribution is -0.883. The van der Waals surface area contributed by atoms with Gasteiger partial charge in [0.25, 0.3) is 0 Å². The topological polar surface area (TPSA) is 198 Å². The van der Waals surface area contributed by atoms with Crippen LogP contribution in [0, 0.1) is 0 Å². The maximum atomic E-state index is 12.8. The van der Waals surface area contributed by atoms with Gasteiger partial charge < -0.3 is 47.6 Å². The minimum absolute atomic E-state index is 0.112. The van der Waals surface area contributed by atoms with Crippen LogP contribution in [0.4, 0.5) is 0 Å². The Bertz CT molecular complexity index is 1360. The molecule has 0 amide bonds. The van der Waals surface area contributed by atoms with Crippen molar-refractivity contribution in [2.45, 2.75) is 206 Å². The predicted molar refractivity (Wildman–Crippen MR) is 266 cm³/mol. The highest BCUT2D eigenvalue weighted by molar-refractivity contribution is 5.72. The summed E-state index contributed by atoms with van der Waals surface area (Å²) in [5, 5.41) is 21.8. The SMILES string of the molecule is CCCCCC(OC(=O)C[N+](C)(C)CCOC(C)=O)C(O)C/C=C\CCCCCCCC(=O)OCOC(=O)CCCCCCC/C=C\CC(O)C(CCCCC)OC(=O)C[N+](C)(C)CCOC(C)=O. The minimum atomic E-state index is -0.792. The van der Waals surface area contributed by atoms with Gasteiger partial charge in [-0.25, -0.2) is 9.59 Å². The molecule has 16 heteroatoms. The fourth-order valence-corrected chi connectivity index (χ4v) is 7.43. The van der Waals surface area contributed by atoms with Gasteiger partial charge in [0.1, 0.15) is 38.5 Å². The number of nitrogens with zero attached hydrogens (tertiary/aromatic N) is 2. The van der Waals surface area contributed by atoms with Crippen LogP contribution in [0.2, 0.25) is 0 Å². The third-order valence-electron chi connectivity index (χ3n) is 11.8. The average molecular weight is 985 g/mol. The van der Waals surface area contributed by atoms with Gasteiger partial charge in [-0.1, -0.05) is 102 Å². The van der Waals surface area contributed by atoms with Crippen LogP contribution in [0.25, 0.3) is 0 Å². The van der Waals surface area contributed by atoms with Crippen LogP contribution < -0.4 is 0 Å². The number of allylic oxidation sites excluding steroid dienone is 2. The molecule has 0 aliphatic heterocycles. The largest absolute Gasteiger partial charge is 0.460 e. The van der Waals surface area contributed by atoms with E-state index in [4.69, 9.17) is 28.4 Å². The average Bonchev–Trinajstić information content (AvgIpc) is 3.26. The number of aliphatic hydroxyl groups excluding tert-OH is 2. The molecule has 0 aromatic carbocycles. The molecule has 2 N–H and O–H groups in total. The number of quaternary nitrogens is 2. The second kappa shape index (κ2) is 40.8. The summed E-state index contributed by atoms with van der Waals surface area (Å²) in [5.41, 5.74) is 0. The van der Waals surface area contributed by atoms with E-state index < -0.39 is 24.4 Å². The first kappa shape index (κ1) is 65.1. The lowest BCUT2D eigenvalue weighted by Gasteiger charge is -2.30. The maximum absolute atomic E-state index is 12.8. The van der Waals surface area contributed by atoms with Crippen LogP contribution in [0.5, 0.6) is 0 Å². The Morgan fingerprint density at radius 1 is 0.464 bits per heavy atom. The number of ether oxygens (including phenoxy) is 6. The molecule has 16 nitrogen and oxygen atoms in total. The first-order chi connectivity index (χ1) is 32.8. The highest BCUT2D eigenvalue weighted by Crippen LogP contribution is 2.18. The maximum Gasteiger partial charge on any atom is 0.362 e. The van der Waals surface area contributed by atoms with Gasteiger partial charge in [-0.05, 0) is 77.0 Å². The van der Waals surface area contributed by atoms with E-state index in [1.807, 2.05) is 40.3 Å². The van der Waals surface area contributed by atoms with Crippen LogP contribution in [-0.2, 0) is 57.2 Å². The minimum Gasteiger partial charge on any atom is -0.460 e. The van der Waals surface area contributed by atoms with Crippen molar-refractivity contribution in [3.8, 4) is 0 Å². The summed E-state index contributed by atoms with van der Waals surface area (Å²) in [6.07, 6.45) is 24.4. The molecule has 0 spiro atoms. The quantitative estimate of drug-likeness (QED) is 0.0147. The molecule has 69 heavy (non-hydrogen) atoms. The van der Waals surface area contributed by atoms with Crippen LogP contribution >= 0.6 is 0 Å². The van der Waals surface area contributed by atoms with Crippen LogP contribution in [0.15, 0.2) is 24.3 Å². The number of carbonyl (C=O) groups is 6. The number of unbranched alkanes of at least 4 members (excludes halogenated alkanes) is 14. The van der Waals surface area contributed by atoms with Crippen molar-refractivity contribution in [3.05, 3.63) is 24.3 Å². The number of hydrogen-bond acceptors (Lipinski definition) is 14. The van der Waals surface area contributed by atoms with Gasteiger partial charge >= 0.3 is 35.8 Å². The van der Waals surface area contributed by atoms with Gasteiger partial charge in [0.15, 0.2) is 13.1 Å². The summed E-state index contributed by atoms with van der Waals surface area (Å²) in [5.74, 6) is -2.24. The zero-order valence-corrected chi connectivity index (χ0v) is 44.2. The van der Waals surface area contributed by atoms with Gasteiger partial charge in [-0.15, -0.1) is 0 Å². The zero-order valence-electron chi connectivity index (χ0n) is 44.2. The second-order valence-electron chi connectivity index (χ2n) is 19.7. The summed E-state index contributed by atoms with van der Waals surface area (Å²) < 4.78 is 32.3. The van der Waals surface area contributed by atoms with Gasteiger partial charge in [0.05, 0.1) is 40.4 Å². The first-order valence-corrected chi connectivity index (χ1v) is 26.1. The van der Waals surface area contributed by atoms with Gasteiger partial charge in [0.2, 0.25) is 6.79 Å². The fraction of sp³-hybridized carbons (Fsp3) is 0.811. The predicted octanol–water partition coefficient (Wildman–Crippen LogP) is 8.37. The molecule has 0 saturated heterocycles. The Balaban J connectivity index is 4.16. The van der Waals surface area contributed by atoms with E-state index in [1.165, 1.54) is 13.8 Å². The van der Waals surface area contributed by atoms with Crippen molar-refractivity contribution in [2.75, 3.05) is 74.4 Å². The lowest BCUT2D eigenvalue weighted by atomic mass is 10.0. The molecule has 0 rings (SSSR count). The molecule has 0 aliphatic carbocycles. The zero-order chi connectivity index (χ0) is 51.8. The smallest absolute Gasteiger partial charge is 0.362 e. The molecular formula is C53H96N2O14+2. The van der Waals surface area contributed by atoms with E-state index in [0.29, 0.717) is 60.6 Å². The summed E-state index contributed by atoms with van der Waals surface area (Å²) in [4.78, 5) is 71.9. The van der Waals surface area contributed by atoms with E-state index in [-0.39, 0.29) is 81.8 Å². The molecule has 0 heterocycles. The van der Waals surface area contributed by atoms with E-state index in [0.717, 1.165) is 103 Å². The van der Waals surface area contributed by atoms with E-state index in [1.54, 1.807) is 0 Å². The number of esters is 6. The molecule has 400 valence electrons. The Morgan fingerprint density at radius 2 is 0.826 bits per heavy atom. The summed E-state index contributed by atoms with van der Waals surface area (Å²) >= 11 is 0. The summed E-state index contributed by atoms with van der Waals surface area (Å²) in [6.45, 7) is 8.15. The molecule has 0 aromatic heterocycles. The molecule has 0 saturated carbocycles.